The number of likely N-dealkylation sites (tertiary alicyclic amines) is 1. The van der Waals surface area contributed by atoms with Crippen LogP contribution in [0.25, 0.3) is 0 Å². The summed E-state index contributed by atoms with van der Waals surface area (Å²) in [6.45, 7) is 1.07. The highest BCUT2D eigenvalue weighted by atomic mass is 16.2. The van der Waals surface area contributed by atoms with E-state index in [-0.39, 0.29) is 11.9 Å². The lowest BCUT2D eigenvalue weighted by atomic mass is 10.2. The summed E-state index contributed by atoms with van der Waals surface area (Å²) in [6.07, 6.45) is 4.57. The first-order valence-corrected chi connectivity index (χ1v) is 4.78. The molecule has 1 saturated heterocycles. The minimum Gasteiger partial charge on any atom is -0.352 e. The van der Waals surface area contributed by atoms with Gasteiger partial charge in [-0.3, -0.25) is 9.69 Å². The van der Waals surface area contributed by atoms with E-state index in [1.165, 1.54) is 19.3 Å². The zero-order valence-corrected chi connectivity index (χ0v) is 7.55. The summed E-state index contributed by atoms with van der Waals surface area (Å²) < 4.78 is 0. The summed E-state index contributed by atoms with van der Waals surface area (Å²) in [5, 5.41) is 3.05. The van der Waals surface area contributed by atoms with Crippen LogP contribution in [0.1, 0.15) is 25.7 Å². The molecule has 1 atom stereocenters. The quantitative estimate of drug-likeness (QED) is 0.645. The monoisotopic (exact) mass is 168 g/mol. The number of likely N-dealkylation sites (N-methyl/N-ethyl adjacent to an activating group) is 1. The molecule has 3 nitrogen and oxygen atoms in total. The van der Waals surface area contributed by atoms with Crippen LogP contribution >= 0.6 is 0 Å². The lowest BCUT2D eigenvalue weighted by Gasteiger charge is -2.18. The van der Waals surface area contributed by atoms with Crippen molar-refractivity contribution in [2.45, 2.75) is 37.8 Å². The first kappa shape index (κ1) is 8.05. The van der Waals surface area contributed by atoms with Crippen molar-refractivity contribution in [1.29, 1.82) is 0 Å². The van der Waals surface area contributed by atoms with Crippen molar-refractivity contribution in [3.63, 3.8) is 0 Å². The van der Waals surface area contributed by atoms with Crippen molar-refractivity contribution in [3.05, 3.63) is 0 Å². The van der Waals surface area contributed by atoms with Gasteiger partial charge in [-0.2, -0.15) is 0 Å². The van der Waals surface area contributed by atoms with Crippen LogP contribution in [0.5, 0.6) is 0 Å². The minimum absolute atomic E-state index is 0.158. The Morgan fingerprint density at radius 3 is 2.67 bits per heavy atom. The van der Waals surface area contributed by atoms with Crippen molar-refractivity contribution in [2.24, 2.45) is 0 Å². The summed E-state index contributed by atoms with van der Waals surface area (Å²) in [6, 6.07) is 0.664. The lowest BCUT2D eigenvalue weighted by Crippen LogP contribution is -2.42. The van der Waals surface area contributed by atoms with Gasteiger partial charge in [-0.25, -0.2) is 0 Å². The van der Waals surface area contributed by atoms with Crippen LogP contribution in [0, 0.1) is 0 Å². The van der Waals surface area contributed by atoms with E-state index in [1.807, 2.05) is 7.05 Å². The van der Waals surface area contributed by atoms with E-state index in [0.717, 1.165) is 13.0 Å². The Balaban J connectivity index is 1.84. The van der Waals surface area contributed by atoms with Gasteiger partial charge < -0.3 is 5.32 Å². The maximum Gasteiger partial charge on any atom is 0.237 e. The fraction of sp³-hybridized carbons (Fsp3) is 0.889. The molecular weight excluding hydrogens is 152 g/mol. The summed E-state index contributed by atoms with van der Waals surface area (Å²) >= 11 is 0. The molecule has 3 heteroatoms. The molecule has 0 aromatic rings. The topological polar surface area (TPSA) is 32.3 Å². The van der Waals surface area contributed by atoms with Gasteiger partial charge in [0.25, 0.3) is 0 Å². The predicted molar refractivity (Wildman–Crippen MR) is 46.8 cm³/mol. The molecule has 2 aliphatic rings. The highest BCUT2D eigenvalue weighted by molar-refractivity contribution is 5.82. The van der Waals surface area contributed by atoms with Gasteiger partial charge in [0.05, 0.1) is 6.04 Å². The molecule has 0 aromatic carbocycles. The van der Waals surface area contributed by atoms with Crippen LogP contribution in [0.2, 0.25) is 0 Å². The molecule has 12 heavy (non-hydrogen) atoms. The van der Waals surface area contributed by atoms with E-state index in [4.69, 9.17) is 0 Å². The zero-order valence-electron chi connectivity index (χ0n) is 7.55. The lowest BCUT2D eigenvalue weighted by molar-refractivity contribution is -0.125. The zero-order chi connectivity index (χ0) is 8.55. The summed E-state index contributed by atoms with van der Waals surface area (Å²) in [5.74, 6) is 0.248. The van der Waals surface area contributed by atoms with Gasteiger partial charge in [0, 0.05) is 6.04 Å². The third kappa shape index (κ3) is 1.61. The highest BCUT2D eigenvalue weighted by Gasteiger charge is 2.31. The molecule has 1 aliphatic heterocycles. The SMILES string of the molecule is CN1CCC[C@H]1C(=O)NC1CC1. The summed E-state index contributed by atoms with van der Waals surface area (Å²) in [4.78, 5) is 13.7. The molecule has 1 aliphatic carbocycles. The van der Waals surface area contributed by atoms with E-state index < -0.39 is 0 Å². The first-order chi connectivity index (χ1) is 5.77. The summed E-state index contributed by atoms with van der Waals surface area (Å²) in [7, 11) is 2.03. The molecule has 0 radical (unpaired) electrons. The number of rotatable bonds is 2. The second kappa shape index (κ2) is 3.05. The third-order valence-corrected chi connectivity index (χ3v) is 2.75. The Bertz CT molecular complexity index is 189. The van der Waals surface area contributed by atoms with Gasteiger partial charge in [0.15, 0.2) is 0 Å². The molecular formula is C9H16N2O. The van der Waals surface area contributed by atoms with Crippen LogP contribution in [-0.2, 0) is 4.79 Å². The van der Waals surface area contributed by atoms with Crippen LogP contribution < -0.4 is 5.32 Å². The fourth-order valence-corrected chi connectivity index (χ4v) is 1.77. The van der Waals surface area contributed by atoms with Crippen LogP contribution in [-0.4, -0.2) is 36.5 Å². The normalized spacial score (nSPS) is 30.6. The number of hydrogen-bond acceptors (Lipinski definition) is 2. The minimum atomic E-state index is 0.158. The fourth-order valence-electron chi connectivity index (χ4n) is 1.77. The Hall–Kier alpha value is -0.570. The standard InChI is InChI=1S/C9H16N2O/c1-11-6-2-3-8(11)9(12)10-7-4-5-7/h7-8H,2-6H2,1H3,(H,10,12)/t8-/m0/s1. The number of carbonyl (C=O) groups is 1. The number of nitrogens with one attached hydrogen (secondary N) is 1. The van der Waals surface area contributed by atoms with E-state index in [9.17, 15) is 4.79 Å². The largest absolute Gasteiger partial charge is 0.352 e. The van der Waals surface area contributed by atoms with Gasteiger partial charge in [-0.05, 0) is 39.3 Å². The van der Waals surface area contributed by atoms with E-state index in [0.29, 0.717) is 6.04 Å². The maximum atomic E-state index is 11.6. The molecule has 0 aromatic heterocycles. The molecule has 1 amide bonds. The smallest absolute Gasteiger partial charge is 0.237 e. The highest BCUT2D eigenvalue weighted by Crippen LogP contribution is 2.21. The van der Waals surface area contributed by atoms with Crippen LogP contribution in [0.15, 0.2) is 0 Å². The molecule has 1 heterocycles. The Morgan fingerprint density at radius 2 is 2.17 bits per heavy atom. The number of hydrogen-bond donors (Lipinski definition) is 1. The number of carbonyl (C=O) groups excluding carboxylic acids is 1. The molecule has 2 fully saturated rings. The molecule has 0 bridgehead atoms. The molecule has 1 N–H and O–H groups in total. The maximum absolute atomic E-state index is 11.6. The molecule has 2 rings (SSSR count). The average molecular weight is 168 g/mol. The Morgan fingerprint density at radius 1 is 1.42 bits per heavy atom. The summed E-state index contributed by atoms with van der Waals surface area (Å²) in [5.41, 5.74) is 0. The van der Waals surface area contributed by atoms with Crippen LogP contribution in [0.3, 0.4) is 0 Å². The number of amides is 1. The van der Waals surface area contributed by atoms with E-state index >= 15 is 0 Å². The molecule has 68 valence electrons. The second-order valence-corrected chi connectivity index (χ2v) is 3.92. The Labute approximate surface area is 73.1 Å². The first-order valence-electron chi connectivity index (χ1n) is 4.78. The molecule has 0 unspecified atom stereocenters. The predicted octanol–water partition coefficient (Wildman–Crippen LogP) is 0.359. The van der Waals surface area contributed by atoms with Gasteiger partial charge in [0.1, 0.15) is 0 Å². The van der Waals surface area contributed by atoms with Crippen molar-refractivity contribution >= 4 is 5.91 Å². The van der Waals surface area contributed by atoms with E-state index in [1.54, 1.807) is 0 Å². The third-order valence-electron chi connectivity index (χ3n) is 2.75. The van der Waals surface area contributed by atoms with Crippen molar-refractivity contribution in [1.82, 2.24) is 10.2 Å². The van der Waals surface area contributed by atoms with E-state index in [2.05, 4.69) is 10.2 Å². The van der Waals surface area contributed by atoms with Crippen molar-refractivity contribution in [2.75, 3.05) is 13.6 Å². The van der Waals surface area contributed by atoms with Gasteiger partial charge in [0.2, 0.25) is 5.91 Å². The molecule has 1 saturated carbocycles. The van der Waals surface area contributed by atoms with Crippen molar-refractivity contribution < 1.29 is 4.79 Å². The van der Waals surface area contributed by atoms with Gasteiger partial charge in [-0.1, -0.05) is 0 Å². The van der Waals surface area contributed by atoms with Crippen molar-refractivity contribution in [3.8, 4) is 0 Å². The van der Waals surface area contributed by atoms with Gasteiger partial charge in [-0.15, -0.1) is 0 Å². The average Bonchev–Trinajstić information content (AvgIpc) is 2.72. The molecule has 0 spiro atoms. The second-order valence-electron chi connectivity index (χ2n) is 3.92. The van der Waals surface area contributed by atoms with Gasteiger partial charge >= 0.3 is 0 Å². The number of nitrogens with zero attached hydrogens (tertiary/aromatic N) is 1. The van der Waals surface area contributed by atoms with Crippen LogP contribution in [0.4, 0.5) is 0 Å². The Kier molecular flexibility index (Phi) is 2.05.